The molecule has 1 aromatic rings. The molecular formula is C12H17ClFN3O3. The molecule has 0 unspecified atom stereocenters. The first-order chi connectivity index (χ1) is 9.06. The summed E-state index contributed by atoms with van der Waals surface area (Å²) >= 11 is 0. The van der Waals surface area contributed by atoms with E-state index in [0.29, 0.717) is 5.56 Å². The van der Waals surface area contributed by atoms with Gasteiger partial charge in [-0.05, 0) is 17.7 Å². The molecule has 0 heterocycles. The summed E-state index contributed by atoms with van der Waals surface area (Å²) in [6.45, 7) is -0.163. The van der Waals surface area contributed by atoms with Crippen molar-refractivity contribution in [2.24, 2.45) is 5.73 Å². The molecule has 1 aromatic carbocycles. The Labute approximate surface area is 122 Å². The average molecular weight is 306 g/mol. The number of nitrogens with two attached hydrogens (primary N) is 1. The number of methoxy groups -OCH3 is 1. The third-order valence-corrected chi connectivity index (χ3v) is 2.34. The van der Waals surface area contributed by atoms with Gasteiger partial charge in [0, 0.05) is 6.54 Å². The van der Waals surface area contributed by atoms with E-state index >= 15 is 0 Å². The van der Waals surface area contributed by atoms with Crippen molar-refractivity contribution in [1.82, 2.24) is 10.6 Å². The fourth-order valence-electron chi connectivity index (χ4n) is 1.33. The average Bonchev–Trinajstić information content (AvgIpc) is 2.42. The van der Waals surface area contributed by atoms with Gasteiger partial charge in [-0.25, -0.2) is 4.39 Å². The van der Waals surface area contributed by atoms with Crippen LogP contribution in [0.1, 0.15) is 5.56 Å². The minimum atomic E-state index is -0.495. The summed E-state index contributed by atoms with van der Waals surface area (Å²) in [5, 5.41) is 4.87. The monoisotopic (exact) mass is 305 g/mol. The van der Waals surface area contributed by atoms with E-state index in [1.54, 1.807) is 6.07 Å². The highest BCUT2D eigenvalue weighted by Gasteiger charge is 2.06. The number of hydrogen-bond acceptors (Lipinski definition) is 4. The predicted octanol–water partition coefficient (Wildman–Crippen LogP) is -0.0528. The van der Waals surface area contributed by atoms with E-state index in [4.69, 9.17) is 10.5 Å². The standard InChI is InChI=1S/C12H16FN3O3.ClH/c1-19-10-3-2-8(4-9(10)13)6-15-12(18)7-16-11(17)5-14;/h2-4H,5-7,14H2,1H3,(H,15,18)(H,16,17);1H. The number of halogens is 2. The second-order valence-electron chi connectivity index (χ2n) is 3.73. The molecule has 0 bridgehead atoms. The van der Waals surface area contributed by atoms with Crippen LogP contribution in [0.25, 0.3) is 0 Å². The van der Waals surface area contributed by atoms with Crippen LogP contribution in [0, 0.1) is 5.82 Å². The number of benzene rings is 1. The van der Waals surface area contributed by atoms with Gasteiger partial charge >= 0.3 is 0 Å². The zero-order chi connectivity index (χ0) is 14.3. The number of carbonyl (C=O) groups is 2. The quantitative estimate of drug-likeness (QED) is 0.687. The Hall–Kier alpha value is -1.86. The van der Waals surface area contributed by atoms with Gasteiger partial charge in [0.15, 0.2) is 11.6 Å². The molecule has 0 aliphatic carbocycles. The van der Waals surface area contributed by atoms with E-state index in [9.17, 15) is 14.0 Å². The molecule has 0 aromatic heterocycles. The Morgan fingerprint density at radius 2 is 2.00 bits per heavy atom. The molecular weight excluding hydrogens is 289 g/mol. The van der Waals surface area contributed by atoms with Crippen molar-refractivity contribution in [3.05, 3.63) is 29.6 Å². The molecule has 0 saturated carbocycles. The molecule has 1 rings (SSSR count). The molecule has 0 radical (unpaired) electrons. The van der Waals surface area contributed by atoms with Gasteiger partial charge in [0.2, 0.25) is 11.8 Å². The van der Waals surface area contributed by atoms with Crippen LogP contribution in [0.2, 0.25) is 0 Å². The van der Waals surface area contributed by atoms with Gasteiger partial charge in [-0.3, -0.25) is 9.59 Å². The summed E-state index contributed by atoms with van der Waals surface area (Å²) in [6.07, 6.45) is 0. The van der Waals surface area contributed by atoms with Crippen molar-refractivity contribution >= 4 is 24.2 Å². The Kier molecular flexibility index (Phi) is 8.26. The predicted molar refractivity (Wildman–Crippen MR) is 74.1 cm³/mol. The van der Waals surface area contributed by atoms with Gasteiger partial charge in [0.1, 0.15) is 0 Å². The lowest BCUT2D eigenvalue weighted by Gasteiger charge is -2.08. The van der Waals surface area contributed by atoms with Crippen LogP contribution in [0.4, 0.5) is 4.39 Å². The zero-order valence-electron chi connectivity index (χ0n) is 10.9. The zero-order valence-corrected chi connectivity index (χ0v) is 11.8. The van der Waals surface area contributed by atoms with Gasteiger partial charge in [-0.2, -0.15) is 0 Å². The normalized spacial score (nSPS) is 9.35. The molecule has 20 heavy (non-hydrogen) atoms. The van der Waals surface area contributed by atoms with Crippen molar-refractivity contribution in [3.63, 3.8) is 0 Å². The summed E-state index contributed by atoms with van der Waals surface area (Å²) in [6, 6.07) is 4.39. The van der Waals surface area contributed by atoms with Crippen molar-refractivity contribution in [2.75, 3.05) is 20.2 Å². The van der Waals surface area contributed by atoms with Crippen LogP contribution in [0.3, 0.4) is 0 Å². The maximum atomic E-state index is 13.4. The minimum absolute atomic E-state index is 0. The van der Waals surface area contributed by atoms with Crippen LogP contribution in [0.5, 0.6) is 5.75 Å². The number of hydrogen-bond donors (Lipinski definition) is 3. The van der Waals surface area contributed by atoms with Gasteiger partial charge in [0.05, 0.1) is 20.2 Å². The highest BCUT2D eigenvalue weighted by atomic mass is 35.5. The summed E-state index contributed by atoms with van der Waals surface area (Å²) in [5.41, 5.74) is 5.66. The van der Waals surface area contributed by atoms with Gasteiger partial charge in [0.25, 0.3) is 0 Å². The highest BCUT2D eigenvalue weighted by Crippen LogP contribution is 2.17. The number of ether oxygens (including phenoxy) is 1. The molecule has 2 amide bonds. The summed E-state index contributed by atoms with van der Waals surface area (Å²) in [7, 11) is 1.37. The number of carbonyl (C=O) groups excluding carboxylic acids is 2. The summed E-state index contributed by atoms with van der Waals surface area (Å²) in [5.74, 6) is -1.14. The lowest BCUT2D eigenvalue weighted by atomic mass is 10.2. The first kappa shape index (κ1) is 18.1. The molecule has 0 fully saturated rings. The minimum Gasteiger partial charge on any atom is -0.494 e. The molecule has 4 N–H and O–H groups in total. The van der Waals surface area contributed by atoms with E-state index in [2.05, 4.69) is 10.6 Å². The van der Waals surface area contributed by atoms with Crippen molar-refractivity contribution in [3.8, 4) is 5.75 Å². The van der Waals surface area contributed by atoms with Gasteiger partial charge < -0.3 is 21.1 Å². The van der Waals surface area contributed by atoms with Crippen LogP contribution in [-0.4, -0.2) is 32.0 Å². The molecule has 112 valence electrons. The fraction of sp³-hybridized carbons (Fsp3) is 0.333. The van der Waals surface area contributed by atoms with Crippen molar-refractivity contribution in [1.29, 1.82) is 0 Å². The molecule has 0 spiro atoms. The third-order valence-electron chi connectivity index (χ3n) is 2.34. The van der Waals surface area contributed by atoms with Crippen molar-refractivity contribution in [2.45, 2.75) is 6.54 Å². The molecule has 6 nitrogen and oxygen atoms in total. The lowest BCUT2D eigenvalue weighted by Crippen LogP contribution is -2.39. The smallest absolute Gasteiger partial charge is 0.239 e. The van der Waals surface area contributed by atoms with Gasteiger partial charge in [-0.1, -0.05) is 6.07 Å². The second-order valence-corrected chi connectivity index (χ2v) is 3.73. The lowest BCUT2D eigenvalue weighted by molar-refractivity contribution is -0.125. The first-order valence-electron chi connectivity index (χ1n) is 5.62. The largest absolute Gasteiger partial charge is 0.494 e. The fourth-order valence-corrected chi connectivity index (χ4v) is 1.33. The molecule has 0 aliphatic rings. The number of rotatable bonds is 6. The second kappa shape index (κ2) is 9.11. The van der Waals surface area contributed by atoms with Crippen LogP contribution in [0.15, 0.2) is 18.2 Å². The first-order valence-corrected chi connectivity index (χ1v) is 5.62. The van der Waals surface area contributed by atoms with Crippen molar-refractivity contribution < 1.29 is 18.7 Å². The molecule has 8 heteroatoms. The molecule has 0 atom stereocenters. The maximum Gasteiger partial charge on any atom is 0.239 e. The van der Waals surface area contributed by atoms with E-state index in [1.165, 1.54) is 19.2 Å². The number of amides is 2. The SMILES string of the molecule is COc1ccc(CNC(=O)CNC(=O)CN)cc1F.Cl. The topological polar surface area (TPSA) is 93.5 Å². The Balaban J connectivity index is 0.00000361. The van der Waals surface area contributed by atoms with Crippen LogP contribution < -0.4 is 21.1 Å². The number of nitrogens with one attached hydrogen (secondary N) is 2. The molecule has 0 saturated heterocycles. The highest BCUT2D eigenvalue weighted by molar-refractivity contribution is 5.85. The van der Waals surface area contributed by atoms with E-state index in [-0.39, 0.29) is 43.7 Å². The Bertz CT molecular complexity index is 471. The Morgan fingerprint density at radius 3 is 2.55 bits per heavy atom. The van der Waals surface area contributed by atoms with Crippen LogP contribution >= 0.6 is 12.4 Å². The third kappa shape index (κ3) is 5.85. The van der Waals surface area contributed by atoms with Gasteiger partial charge in [-0.15, -0.1) is 12.4 Å². The van der Waals surface area contributed by atoms with E-state index in [0.717, 1.165) is 0 Å². The summed E-state index contributed by atoms with van der Waals surface area (Å²) in [4.78, 5) is 22.2. The summed E-state index contributed by atoms with van der Waals surface area (Å²) < 4.78 is 18.1. The van der Waals surface area contributed by atoms with Crippen LogP contribution in [-0.2, 0) is 16.1 Å². The maximum absolute atomic E-state index is 13.4. The van der Waals surface area contributed by atoms with E-state index in [1.807, 2.05) is 0 Å². The Morgan fingerprint density at radius 1 is 1.30 bits per heavy atom. The molecule has 0 aliphatic heterocycles. The van der Waals surface area contributed by atoms with E-state index < -0.39 is 11.7 Å².